The maximum atomic E-state index is 12.5. The molecular formula is C14H15N6NaO7S. The van der Waals surface area contributed by atoms with Crippen LogP contribution in [0.15, 0.2) is 10.6 Å². The minimum absolute atomic E-state index is 0. The van der Waals surface area contributed by atoms with Gasteiger partial charge in [0.05, 0.1) is 12.6 Å². The molecule has 0 aromatic carbocycles. The minimum Gasteiger partial charge on any atom is -0.724 e. The molecule has 2 atom stereocenters. The van der Waals surface area contributed by atoms with E-state index in [-0.39, 0.29) is 47.9 Å². The molecule has 0 unspecified atom stereocenters. The van der Waals surface area contributed by atoms with Gasteiger partial charge in [0, 0.05) is 19.3 Å². The first-order valence-corrected chi connectivity index (χ1v) is 9.95. The van der Waals surface area contributed by atoms with Crippen LogP contribution in [0, 0.1) is 0 Å². The number of piperidine rings is 1. The summed E-state index contributed by atoms with van der Waals surface area (Å²) in [5, 5.41) is 8.69. The van der Waals surface area contributed by atoms with Crippen LogP contribution in [0.5, 0.6) is 0 Å². The largest absolute Gasteiger partial charge is 1.00 e. The Balaban J connectivity index is 0.00000205. The van der Waals surface area contributed by atoms with E-state index < -0.39 is 28.5 Å². The number of carbonyl (C=O) groups is 1. The van der Waals surface area contributed by atoms with Gasteiger partial charge in [0.25, 0.3) is 5.89 Å². The normalized spacial score (nSPS) is 23.8. The zero-order valence-electron chi connectivity index (χ0n) is 15.4. The molecule has 0 N–H and O–H groups in total. The fourth-order valence-corrected chi connectivity index (χ4v) is 4.13. The number of fused-ring (bicyclic) bond motifs is 3. The smallest absolute Gasteiger partial charge is 0.724 e. The Morgan fingerprint density at radius 2 is 2.10 bits per heavy atom. The van der Waals surface area contributed by atoms with Crippen LogP contribution in [0.25, 0.3) is 11.6 Å². The summed E-state index contributed by atoms with van der Waals surface area (Å²) in [4.78, 5) is 18.3. The van der Waals surface area contributed by atoms with Crippen LogP contribution in [0.3, 0.4) is 0 Å². The molecule has 15 heteroatoms. The Morgan fingerprint density at radius 3 is 2.86 bits per heavy atom. The van der Waals surface area contributed by atoms with Crippen molar-refractivity contribution in [2.75, 3.05) is 13.2 Å². The molecule has 5 rings (SSSR count). The van der Waals surface area contributed by atoms with Crippen LogP contribution >= 0.6 is 0 Å². The Labute approximate surface area is 187 Å². The zero-order valence-corrected chi connectivity index (χ0v) is 18.2. The molecule has 3 aliphatic heterocycles. The predicted octanol–water partition coefficient (Wildman–Crippen LogP) is -3.20. The maximum absolute atomic E-state index is 12.5. The number of carbonyl (C=O) groups excluding carboxylic acids is 1. The van der Waals surface area contributed by atoms with Crippen LogP contribution in [0.2, 0.25) is 0 Å². The van der Waals surface area contributed by atoms with Crippen molar-refractivity contribution in [2.45, 2.75) is 38.1 Å². The van der Waals surface area contributed by atoms with Crippen molar-refractivity contribution in [1.82, 2.24) is 29.7 Å². The van der Waals surface area contributed by atoms with Crippen LogP contribution in [0.4, 0.5) is 4.79 Å². The first-order chi connectivity index (χ1) is 13.4. The van der Waals surface area contributed by atoms with E-state index in [1.54, 1.807) is 0 Å². The summed E-state index contributed by atoms with van der Waals surface area (Å²) in [5.74, 6) is 1.21. The number of rotatable bonds is 4. The average molecular weight is 434 g/mol. The van der Waals surface area contributed by atoms with E-state index in [0.717, 1.165) is 5.82 Å². The van der Waals surface area contributed by atoms with Gasteiger partial charge in [0.1, 0.15) is 24.2 Å². The molecule has 2 amide bonds. The van der Waals surface area contributed by atoms with Gasteiger partial charge >= 0.3 is 35.6 Å². The van der Waals surface area contributed by atoms with E-state index in [9.17, 15) is 17.8 Å². The zero-order chi connectivity index (χ0) is 19.5. The second-order valence-corrected chi connectivity index (χ2v) is 7.69. The Bertz CT molecular complexity index is 1020. The van der Waals surface area contributed by atoms with Crippen LogP contribution in [-0.2, 0) is 32.6 Å². The van der Waals surface area contributed by atoms with Gasteiger partial charge in [-0.05, 0) is 12.8 Å². The van der Waals surface area contributed by atoms with E-state index in [2.05, 4.69) is 19.5 Å². The number of aromatic nitrogens is 4. The van der Waals surface area contributed by atoms with Gasteiger partial charge in [-0.15, -0.1) is 10.2 Å². The number of hydroxylamine groups is 2. The van der Waals surface area contributed by atoms with E-state index in [1.165, 1.54) is 4.90 Å². The summed E-state index contributed by atoms with van der Waals surface area (Å²) in [7, 11) is -5.04. The molecule has 0 radical (unpaired) electrons. The number of hydrogen-bond acceptors (Lipinski definition) is 10. The first-order valence-electron chi connectivity index (χ1n) is 8.62. The average Bonchev–Trinajstić information content (AvgIpc) is 3.35. The van der Waals surface area contributed by atoms with Crippen molar-refractivity contribution in [2.24, 2.45) is 0 Å². The number of amides is 2. The van der Waals surface area contributed by atoms with Gasteiger partial charge in [0.15, 0.2) is 0 Å². The summed E-state index contributed by atoms with van der Waals surface area (Å²) in [6.07, 6.45) is 2.70. The second-order valence-electron chi connectivity index (χ2n) is 6.72. The Hall–Kier alpha value is -1.55. The van der Waals surface area contributed by atoms with E-state index >= 15 is 0 Å². The fraction of sp³-hybridized carbons (Fsp3) is 0.571. The van der Waals surface area contributed by atoms with Gasteiger partial charge in [-0.2, -0.15) is 9.35 Å². The quantitative estimate of drug-likeness (QED) is 0.273. The van der Waals surface area contributed by atoms with Crippen molar-refractivity contribution < 1.29 is 60.8 Å². The predicted molar refractivity (Wildman–Crippen MR) is 85.7 cm³/mol. The molecule has 13 nitrogen and oxygen atoms in total. The van der Waals surface area contributed by atoms with Crippen molar-refractivity contribution in [3.8, 4) is 11.6 Å². The van der Waals surface area contributed by atoms with Gasteiger partial charge in [-0.1, -0.05) is 0 Å². The molecule has 150 valence electrons. The van der Waals surface area contributed by atoms with Gasteiger partial charge in [0.2, 0.25) is 16.3 Å². The summed E-state index contributed by atoms with van der Waals surface area (Å²) >= 11 is 0. The maximum Gasteiger partial charge on any atom is 1.00 e. The monoisotopic (exact) mass is 434 g/mol. The van der Waals surface area contributed by atoms with Crippen LogP contribution in [-0.4, -0.2) is 67.9 Å². The molecule has 0 aliphatic carbocycles. The summed E-state index contributed by atoms with van der Waals surface area (Å²) < 4.78 is 50.0. The minimum atomic E-state index is -5.04. The van der Waals surface area contributed by atoms with Crippen molar-refractivity contribution >= 4 is 16.4 Å². The molecular weight excluding hydrogens is 419 g/mol. The molecule has 2 aromatic heterocycles. The van der Waals surface area contributed by atoms with E-state index in [1.807, 2.05) is 10.8 Å². The number of nitrogens with zero attached hydrogens (tertiary/aromatic N) is 6. The topological polar surface area (TPSA) is 156 Å². The van der Waals surface area contributed by atoms with Crippen molar-refractivity contribution in [3.63, 3.8) is 0 Å². The SMILES string of the molecule is O=C1N2C[C@@H](CC[C@@H]2c2nnc(-c3cn4c(n3)COCC4)o2)N1OS(=O)(=O)[O-].[Na+]. The molecule has 29 heavy (non-hydrogen) atoms. The molecule has 3 aliphatic rings. The van der Waals surface area contributed by atoms with E-state index in [0.29, 0.717) is 43.4 Å². The first kappa shape index (κ1) is 20.7. The number of hydrogen-bond donors (Lipinski definition) is 0. The molecule has 2 bridgehead atoms. The van der Waals surface area contributed by atoms with Crippen molar-refractivity contribution in [1.29, 1.82) is 0 Å². The standard InChI is InChI=1S/C14H16N6O7S.Na/c21-14-19-5-8(20(14)27-28(22,23)24)1-2-10(19)13-17-16-12(26-13)9-6-18-3-4-25-7-11(18)15-9;/h6,8,10H,1-5,7H2,(H,22,23,24);/q;+1/p-1/t8-,10-;/m1./s1. The number of urea groups is 1. The third kappa shape index (κ3) is 3.81. The third-order valence-corrected chi connectivity index (χ3v) is 5.35. The summed E-state index contributed by atoms with van der Waals surface area (Å²) in [6, 6.07) is -1.77. The molecule has 0 saturated carbocycles. The Morgan fingerprint density at radius 1 is 1.28 bits per heavy atom. The number of ether oxygens (including phenoxy) is 1. The molecule has 5 heterocycles. The van der Waals surface area contributed by atoms with E-state index in [4.69, 9.17) is 9.15 Å². The second kappa shape index (κ2) is 7.61. The molecule has 2 aromatic rings. The fourth-order valence-electron chi connectivity index (χ4n) is 3.75. The summed E-state index contributed by atoms with van der Waals surface area (Å²) in [6.45, 7) is 1.91. The van der Waals surface area contributed by atoms with Crippen molar-refractivity contribution in [3.05, 3.63) is 17.9 Å². The van der Waals surface area contributed by atoms with Gasteiger partial charge < -0.3 is 23.2 Å². The van der Waals surface area contributed by atoms with Gasteiger partial charge in [-0.3, -0.25) is 0 Å². The Kier molecular flexibility index (Phi) is 5.43. The third-order valence-electron chi connectivity index (χ3n) is 5.01. The molecule has 2 fully saturated rings. The molecule has 0 spiro atoms. The van der Waals surface area contributed by atoms with Crippen LogP contribution < -0.4 is 29.6 Å². The van der Waals surface area contributed by atoms with Gasteiger partial charge in [-0.25, -0.2) is 18.2 Å². The molecule has 2 saturated heterocycles. The summed E-state index contributed by atoms with van der Waals surface area (Å²) in [5.41, 5.74) is 0.517. The number of imidazole rings is 1. The van der Waals surface area contributed by atoms with Crippen LogP contribution in [0.1, 0.15) is 30.6 Å².